The minimum atomic E-state index is -0.563. The number of nitrogens with zero attached hydrogens (tertiary/aromatic N) is 1. The van der Waals surface area contributed by atoms with Crippen LogP contribution in [0.15, 0.2) is 48.5 Å². The summed E-state index contributed by atoms with van der Waals surface area (Å²) in [6.07, 6.45) is -0.563. The summed E-state index contributed by atoms with van der Waals surface area (Å²) in [4.78, 5) is 24.4. The van der Waals surface area contributed by atoms with Crippen LogP contribution >= 0.6 is 0 Å². The molecule has 0 aromatic heterocycles. The van der Waals surface area contributed by atoms with Crippen LogP contribution in [0.1, 0.15) is 44.9 Å². The number of carbonyl (C=O) groups is 2. The van der Waals surface area contributed by atoms with Gasteiger partial charge in [-0.05, 0) is 18.2 Å². The molecule has 1 aliphatic heterocycles. The third-order valence-electron chi connectivity index (χ3n) is 3.89. The van der Waals surface area contributed by atoms with Crippen LogP contribution in [-0.2, 0) is 4.74 Å². The molecule has 2 unspecified atom stereocenters. The molecule has 0 N–H and O–H groups in total. The molecule has 2 atom stereocenters. The lowest BCUT2D eigenvalue weighted by atomic mass is 9.89. The molecule has 2 aromatic rings. The average molecular weight is 291 g/mol. The first-order valence-electron chi connectivity index (χ1n) is 6.96. The Balaban J connectivity index is 1.88. The number of ether oxygens (including phenoxy) is 1. The van der Waals surface area contributed by atoms with Gasteiger partial charge in [0.1, 0.15) is 6.10 Å². The normalized spacial score (nSPS) is 17.3. The molecule has 0 radical (unpaired) electrons. The van der Waals surface area contributed by atoms with Gasteiger partial charge in [-0.1, -0.05) is 37.3 Å². The number of benzene rings is 2. The maximum Gasteiger partial charge on any atom is 0.339 e. The number of Topliss-reactive ketones (excluding diaryl/α,β-unsaturated/α-hetero) is 1. The largest absolute Gasteiger partial charge is 0.453 e. The molecule has 108 valence electrons. The van der Waals surface area contributed by atoms with Gasteiger partial charge in [0.15, 0.2) is 5.78 Å². The number of cyclic esters (lactones) is 1. The zero-order chi connectivity index (χ0) is 15.7. The van der Waals surface area contributed by atoms with Gasteiger partial charge in [-0.3, -0.25) is 4.79 Å². The van der Waals surface area contributed by atoms with Crippen molar-refractivity contribution >= 4 is 11.8 Å². The zero-order valence-corrected chi connectivity index (χ0v) is 11.9. The number of rotatable bonds is 3. The zero-order valence-electron chi connectivity index (χ0n) is 11.9. The van der Waals surface area contributed by atoms with Crippen molar-refractivity contribution in [3.05, 3.63) is 70.8 Å². The Labute approximate surface area is 128 Å². The van der Waals surface area contributed by atoms with Crippen molar-refractivity contribution in [2.45, 2.75) is 13.0 Å². The number of hydrogen-bond donors (Lipinski definition) is 0. The van der Waals surface area contributed by atoms with E-state index in [1.165, 1.54) is 0 Å². The predicted molar refractivity (Wildman–Crippen MR) is 79.3 cm³/mol. The molecule has 1 heterocycles. The monoisotopic (exact) mass is 291 g/mol. The van der Waals surface area contributed by atoms with Crippen molar-refractivity contribution in [2.24, 2.45) is 5.92 Å². The van der Waals surface area contributed by atoms with Crippen molar-refractivity contribution in [1.82, 2.24) is 0 Å². The fourth-order valence-corrected chi connectivity index (χ4v) is 2.65. The molecule has 1 aliphatic rings. The van der Waals surface area contributed by atoms with Crippen LogP contribution in [0.5, 0.6) is 0 Å². The van der Waals surface area contributed by atoms with Gasteiger partial charge in [0.05, 0.1) is 23.1 Å². The van der Waals surface area contributed by atoms with Gasteiger partial charge in [0, 0.05) is 11.1 Å². The van der Waals surface area contributed by atoms with Crippen LogP contribution in [-0.4, -0.2) is 11.8 Å². The van der Waals surface area contributed by atoms with E-state index in [9.17, 15) is 9.59 Å². The van der Waals surface area contributed by atoms with Crippen molar-refractivity contribution in [1.29, 1.82) is 5.26 Å². The Morgan fingerprint density at radius 3 is 2.55 bits per heavy atom. The second kappa shape index (κ2) is 5.45. The third-order valence-corrected chi connectivity index (χ3v) is 3.89. The first kappa shape index (κ1) is 14.0. The van der Waals surface area contributed by atoms with Gasteiger partial charge in [0.25, 0.3) is 0 Å². The maximum absolute atomic E-state index is 12.6. The van der Waals surface area contributed by atoms with Gasteiger partial charge in [0.2, 0.25) is 0 Å². The van der Waals surface area contributed by atoms with E-state index >= 15 is 0 Å². The number of ketones is 1. The number of nitriles is 1. The second-order valence-corrected chi connectivity index (χ2v) is 5.26. The van der Waals surface area contributed by atoms with Crippen LogP contribution in [0.2, 0.25) is 0 Å². The fraction of sp³-hybridized carbons (Fsp3) is 0.167. The molecule has 3 rings (SSSR count). The highest BCUT2D eigenvalue weighted by Gasteiger charge is 2.37. The van der Waals surface area contributed by atoms with E-state index < -0.39 is 12.0 Å². The molecule has 0 bridgehead atoms. The van der Waals surface area contributed by atoms with E-state index in [1.807, 2.05) is 18.2 Å². The Morgan fingerprint density at radius 1 is 1.18 bits per heavy atom. The van der Waals surface area contributed by atoms with Crippen LogP contribution in [0.3, 0.4) is 0 Å². The van der Waals surface area contributed by atoms with Crippen LogP contribution in [0.4, 0.5) is 0 Å². The Bertz CT molecular complexity index is 787. The molecule has 0 aliphatic carbocycles. The molecular weight excluding hydrogens is 278 g/mol. The number of esters is 1. The van der Waals surface area contributed by atoms with Crippen molar-refractivity contribution in [3.63, 3.8) is 0 Å². The van der Waals surface area contributed by atoms with Crippen LogP contribution in [0, 0.1) is 17.2 Å². The minimum Gasteiger partial charge on any atom is -0.453 e. The molecule has 4 heteroatoms. The summed E-state index contributed by atoms with van der Waals surface area (Å²) in [7, 11) is 0. The highest BCUT2D eigenvalue weighted by atomic mass is 16.5. The molecule has 2 aromatic carbocycles. The summed E-state index contributed by atoms with van der Waals surface area (Å²) < 4.78 is 5.37. The number of hydrogen-bond acceptors (Lipinski definition) is 4. The molecule has 4 nitrogen and oxygen atoms in total. The molecule has 0 fully saturated rings. The van der Waals surface area contributed by atoms with E-state index in [0.717, 1.165) is 5.56 Å². The van der Waals surface area contributed by atoms with Gasteiger partial charge in [-0.2, -0.15) is 5.26 Å². The average Bonchev–Trinajstić information content (AvgIpc) is 2.91. The van der Waals surface area contributed by atoms with Gasteiger partial charge >= 0.3 is 5.97 Å². The number of fused-ring (bicyclic) bond motifs is 1. The highest BCUT2D eigenvalue weighted by Crippen LogP contribution is 2.37. The van der Waals surface area contributed by atoms with Crippen LogP contribution in [0.25, 0.3) is 0 Å². The van der Waals surface area contributed by atoms with Crippen molar-refractivity contribution in [2.75, 3.05) is 0 Å². The van der Waals surface area contributed by atoms with E-state index in [-0.39, 0.29) is 11.8 Å². The second-order valence-electron chi connectivity index (χ2n) is 5.26. The Morgan fingerprint density at radius 2 is 1.86 bits per heavy atom. The Hall–Kier alpha value is -2.93. The van der Waals surface area contributed by atoms with Gasteiger partial charge in [-0.15, -0.1) is 0 Å². The maximum atomic E-state index is 12.6. The lowest BCUT2D eigenvalue weighted by Crippen LogP contribution is -2.20. The lowest BCUT2D eigenvalue weighted by Gasteiger charge is -2.18. The standard InChI is InChI=1S/C18H13NO3/c1-11(16(20)13-8-6-12(10-19)7-9-13)17-14-4-2-3-5-15(14)18(21)22-17/h2-9,11,17H,1H3. The fourth-order valence-electron chi connectivity index (χ4n) is 2.65. The molecule has 22 heavy (non-hydrogen) atoms. The van der Waals surface area contributed by atoms with Crippen LogP contribution < -0.4 is 0 Å². The van der Waals surface area contributed by atoms with E-state index in [1.54, 1.807) is 43.3 Å². The number of carbonyl (C=O) groups excluding carboxylic acids is 2. The van der Waals surface area contributed by atoms with E-state index in [0.29, 0.717) is 16.7 Å². The molecule has 0 saturated carbocycles. The first-order chi connectivity index (χ1) is 10.6. The summed E-state index contributed by atoms with van der Waals surface area (Å²) in [5, 5.41) is 8.79. The minimum absolute atomic E-state index is 0.112. The SMILES string of the molecule is CC(C(=O)c1ccc(C#N)cc1)C1OC(=O)c2ccccc21. The Kier molecular flexibility index (Phi) is 3.48. The van der Waals surface area contributed by atoms with Crippen molar-refractivity contribution < 1.29 is 14.3 Å². The third kappa shape index (κ3) is 2.27. The summed E-state index contributed by atoms with van der Waals surface area (Å²) in [6, 6.07) is 15.6. The molecular formula is C18H13NO3. The lowest BCUT2D eigenvalue weighted by molar-refractivity contribution is 0.0262. The van der Waals surface area contributed by atoms with Gasteiger partial charge < -0.3 is 4.74 Å². The van der Waals surface area contributed by atoms with Gasteiger partial charge in [-0.25, -0.2) is 4.79 Å². The predicted octanol–water partition coefficient (Wildman–Crippen LogP) is 3.29. The van der Waals surface area contributed by atoms with E-state index in [4.69, 9.17) is 10.00 Å². The van der Waals surface area contributed by atoms with Crippen molar-refractivity contribution in [3.8, 4) is 6.07 Å². The molecule has 0 spiro atoms. The molecule has 0 saturated heterocycles. The topological polar surface area (TPSA) is 67.2 Å². The highest BCUT2D eigenvalue weighted by molar-refractivity contribution is 6.00. The van der Waals surface area contributed by atoms with E-state index in [2.05, 4.69) is 0 Å². The summed E-state index contributed by atoms with van der Waals surface area (Å²) in [5.74, 6) is -0.986. The smallest absolute Gasteiger partial charge is 0.339 e. The first-order valence-corrected chi connectivity index (χ1v) is 6.96. The summed E-state index contributed by atoms with van der Waals surface area (Å²) in [6.45, 7) is 1.75. The molecule has 0 amide bonds. The summed E-state index contributed by atoms with van der Waals surface area (Å²) >= 11 is 0. The quantitative estimate of drug-likeness (QED) is 0.643. The summed E-state index contributed by atoms with van der Waals surface area (Å²) in [5.41, 5.74) is 2.28.